The zero-order valence-electron chi connectivity index (χ0n) is 9.90. The summed E-state index contributed by atoms with van der Waals surface area (Å²) in [5, 5.41) is 9.96. The first-order valence-electron chi connectivity index (χ1n) is 5.60. The van der Waals surface area contributed by atoms with E-state index in [1.807, 2.05) is 6.92 Å². The first kappa shape index (κ1) is 12.6. The van der Waals surface area contributed by atoms with E-state index < -0.39 is 17.7 Å². The Hall–Kier alpha value is -1.81. The van der Waals surface area contributed by atoms with Gasteiger partial charge in [-0.25, -0.2) is 8.78 Å². The molecule has 2 nitrogen and oxygen atoms in total. The van der Waals surface area contributed by atoms with Gasteiger partial charge in [0.15, 0.2) is 0 Å². The van der Waals surface area contributed by atoms with Crippen molar-refractivity contribution in [1.82, 2.24) is 4.98 Å². The van der Waals surface area contributed by atoms with Gasteiger partial charge in [-0.05, 0) is 36.2 Å². The second kappa shape index (κ2) is 5.23. The molecule has 0 aliphatic carbocycles. The lowest BCUT2D eigenvalue weighted by Gasteiger charge is -2.11. The summed E-state index contributed by atoms with van der Waals surface area (Å²) < 4.78 is 26.0. The van der Waals surface area contributed by atoms with Crippen molar-refractivity contribution in [3.8, 4) is 0 Å². The summed E-state index contributed by atoms with van der Waals surface area (Å²) in [5.74, 6) is -1.28. The van der Waals surface area contributed by atoms with Gasteiger partial charge in [0.1, 0.15) is 11.6 Å². The Kier molecular flexibility index (Phi) is 3.67. The summed E-state index contributed by atoms with van der Waals surface area (Å²) in [7, 11) is 0. The summed E-state index contributed by atoms with van der Waals surface area (Å²) in [6.07, 6.45) is 0.897. The number of aliphatic hydroxyl groups excluding tert-OH is 1. The topological polar surface area (TPSA) is 33.1 Å². The zero-order valence-corrected chi connectivity index (χ0v) is 9.90. The third-order valence-corrected chi connectivity index (χ3v) is 2.67. The van der Waals surface area contributed by atoms with Crippen molar-refractivity contribution in [2.24, 2.45) is 0 Å². The van der Waals surface area contributed by atoms with E-state index in [0.717, 1.165) is 11.8 Å². The molecule has 1 aromatic carbocycles. The Morgan fingerprint density at radius 3 is 2.39 bits per heavy atom. The molecule has 4 heteroatoms. The standard InChI is InChI=1S/C14H13F2NO/c1-9-2-3-11(8-17-9)14(18)6-10-4-12(15)7-13(16)5-10/h2-5,7-8,14,18H,6H2,1H3. The monoisotopic (exact) mass is 249 g/mol. The van der Waals surface area contributed by atoms with Crippen molar-refractivity contribution in [2.45, 2.75) is 19.4 Å². The van der Waals surface area contributed by atoms with E-state index in [1.165, 1.54) is 12.1 Å². The fourth-order valence-electron chi connectivity index (χ4n) is 1.75. The van der Waals surface area contributed by atoms with Gasteiger partial charge >= 0.3 is 0 Å². The van der Waals surface area contributed by atoms with Crippen molar-refractivity contribution in [2.75, 3.05) is 0 Å². The normalized spacial score (nSPS) is 12.4. The second-order valence-corrected chi connectivity index (χ2v) is 4.23. The summed E-state index contributed by atoms with van der Waals surface area (Å²) >= 11 is 0. The molecule has 0 fully saturated rings. The highest BCUT2D eigenvalue weighted by molar-refractivity contribution is 5.22. The number of hydrogen-bond donors (Lipinski definition) is 1. The van der Waals surface area contributed by atoms with Gasteiger partial charge in [0.2, 0.25) is 0 Å². The lowest BCUT2D eigenvalue weighted by Crippen LogP contribution is -2.03. The molecule has 1 heterocycles. The predicted molar refractivity (Wildman–Crippen MR) is 64.0 cm³/mol. The van der Waals surface area contributed by atoms with Crippen molar-refractivity contribution in [3.63, 3.8) is 0 Å². The third kappa shape index (κ3) is 3.11. The van der Waals surface area contributed by atoms with E-state index in [0.29, 0.717) is 11.1 Å². The van der Waals surface area contributed by atoms with E-state index >= 15 is 0 Å². The molecule has 18 heavy (non-hydrogen) atoms. The van der Waals surface area contributed by atoms with Crippen LogP contribution in [0.15, 0.2) is 36.5 Å². The molecule has 0 aliphatic heterocycles. The molecule has 2 aromatic rings. The van der Waals surface area contributed by atoms with Crippen LogP contribution in [0.1, 0.15) is 22.9 Å². The zero-order chi connectivity index (χ0) is 13.1. The van der Waals surface area contributed by atoms with E-state index in [4.69, 9.17) is 0 Å². The summed E-state index contributed by atoms with van der Waals surface area (Å²) in [6, 6.07) is 6.78. The number of aryl methyl sites for hydroxylation is 1. The van der Waals surface area contributed by atoms with E-state index in [1.54, 1.807) is 18.3 Å². The maximum Gasteiger partial charge on any atom is 0.126 e. The Morgan fingerprint density at radius 2 is 1.83 bits per heavy atom. The van der Waals surface area contributed by atoms with E-state index in [-0.39, 0.29) is 6.42 Å². The lowest BCUT2D eigenvalue weighted by molar-refractivity contribution is 0.178. The molecular weight excluding hydrogens is 236 g/mol. The molecule has 0 saturated heterocycles. The minimum atomic E-state index is -0.820. The fourth-order valence-corrected chi connectivity index (χ4v) is 1.75. The first-order chi connectivity index (χ1) is 8.54. The van der Waals surface area contributed by atoms with Crippen LogP contribution < -0.4 is 0 Å². The quantitative estimate of drug-likeness (QED) is 0.907. The SMILES string of the molecule is Cc1ccc(C(O)Cc2cc(F)cc(F)c2)cn1. The largest absolute Gasteiger partial charge is 0.388 e. The molecule has 0 aliphatic rings. The van der Waals surface area contributed by atoms with E-state index in [9.17, 15) is 13.9 Å². The van der Waals surface area contributed by atoms with Gasteiger partial charge < -0.3 is 5.11 Å². The van der Waals surface area contributed by atoms with Gasteiger partial charge in [-0.2, -0.15) is 0 Å². The van der Waals surface area contributed by atoms with Crippen LogP contribution in [0.25, 0.3) is 0 Å². The first-order valence-corrected chi connectivity index (χ1v) is 5.60. The Balaban J connectivity index is 2.15. The van der Waals surface area contributed by atoms with Gasteiger partial charge in [0, 0.05) is 24.4 Å². The second-order valence-electron chi connectivity index (χ2n) is 4.23. The predicted octanol–water partition coefficient (Wildman–Crippen LogP) is 2.94. The summed E-state index contributed by atoms with van der Waals surface area (Å²) in [4.78, 5) is 4.07. The number of pyridine rings is 1. The maximum absolute atomic E-state index is 13.0. The molecule has 94 valence electrons. The number of aliphatic hydroxyl groups is 1. The summed E-state index contributed by atoms with van der Waals surface area (Å²) in [5.41, 5.74) is 1.90. The fraction of sp³-hybridized carbons (Fsp3) is 0.214. The molecule has 1 unspecified atom stereocenters. The minimum Gasteiger partial charge on any atom is -0.388 e. The highest BCUT2D eigenvalue weighted by Crippen LogP contribution is 2.19. The van der Waals surface area contributed by atoms with Gasteiger partial charge in [-0.15, -0.1) is 0 Å². The van der Waals surface area contributed by atoms with Gasteiger partial charge in [0.25, 0.3) is 0 Å². The van der Waals surface area contributed by atoms with Crippen LogP contribution in [-0.4, -0.2) is 10.1 Å². The van der Waals surface area contributed by atoms with Gasteiger partial charge in [-0.3, -0.25) is 4.98 Å². The number of aromatic nitrogens is 1. The number of rotatable bonds is 3. The molecule has 2 rings (SSSR count). The van der Waals surface area contributed by atoms with Crippen LogP contribution in [0, 0.1) is 18.6 Å². The molecule has 0 radical (unpaired) electrons. The minimum absolute atomic E-state index is 0.152. The highest BCUT2D eigenvalue weighted by atomic mass is 19.1. The molecular formula is C14H13F2NO. The van der Waals surface area contributed by atoms with Crippen LogP contribution in [0.3, 0.4) is 0 Å². The molecule has 1 aromatic heterocycles. The number of benzene rings is 1. The number of hydrogen-bond acceptors (Lipinski definition) is 2. The van der Waals surface area contributed by atoms with Crippen LogP contribution >= 0.6 is 0 Å². The summed E-state index contributed by atoms with van der Waals surface area (Å²) in [6.45, 7) is 1.85. The molecule has 1 atom stereocenters. The molecule has 0 bridgehead atoms. The Bertz CT molecular complexity index is 520. The molecule has 0 spiro atoms. The van der Waals surface area contributed by atoms with Crippen molar-refractivity contribution < 1.29 is 13.9 Å². The molecule has 1 N–H and O–H groups in total. The average molecular weight is 249 g/mol. The van der Waals surface area contributed by atoms with Gasteiger partial charge in [0.05, 0.1) is 6.10 Å². The van der Waals surface area contributed by atoms with Gasteiger partial charge in [-0.1, -0.05) is 6.07 Å². The van der Waals surface area contributed by atoms with Crippen molar-refractivity contribution in [3.05, 3.63) is 65.0 Å². The third-order valence-electron chi connectivity index (χ3n) is 2.67. The van der Waals surface area contributed by atoms with E-state index in [2.05, 4.69) is 4.98 Å². The van der Waals surface area contributed by atoms with Crippen molar-refractivity contribution >= 4 is 0 Å². The highest BCUT2D eigenvalue weighted by Gasteiger charge is 2.10. The van der Waals surface area contributed by atoms with Crippen LogP contribution in [0.2, 0.25) is 0 Å². The van der Waals surface area contributed by atoms with Crippen LogP contribution in [0.5, 0.6) is 0 Å². The lowest BCUT2D eigenvalue weighted by atomic mass is 10.0. The number of nitrogens with zero attached hydrogens (tertiary/aromatic N) is 1. The Labute approximate surface area is 104 Å². The maximum atomic E-state index is 13.0. The smallest absolute Gasteiger partial charge is 0.126 e. The average Bonchev–Trinajstić information content (AvgIpc) is 2.28. The van der Waals surface area contributed by atoms with Crippen molar-refractivity contribution in [1.29, 1.82) is 0 Å². The number of halogens is 2. The molecule has 0 saturated carbocycles. The van der Waals surface area contributed by atoms with Crippen LogP contribution in [0.4, 0.5) is 8.78 Å². The van der Waals surface area contributed by atoms with Crippen LogP contribution in [-0.2, 0) is 6.42 Å². The Morgan fingerprint density at radius 1 is 1.17 bits per heavy atom. The molecule has 0 amide bonds.